The van der Waals surface area contributed by atoms with E-state index in [2.05, 4.69) is 5.32 Å². The summed E-state index contributed by atoms with van der Waals surface area (Å²) in [6.45, 7) is 0.530. The average molecular weight is 436 g/mol. The van der Waals surface area contributed by atoms with Crippen molar-refractivity contribution >= 4 is 33.9 Å². The fraction of sp³-hybridized carbons (Fsp3) is 0.381. The van der Waals surface area contributed by atoms with Crippen LogP contribution in [0.25, 0.3) is 0 Å². The molecule has 158 valence electrons. The average Bonchev–Trinajstić information content (AvgIpc) is 3.46. The van der Waals surface area contributed by atoms with E-state index in [0.29, 0.717) is 22.0 Å². The Morgan fingerprint density at radius 3 is 2.17 bits per heavy atom. The molecule has 0 bridgehead atoms. The van der Waals surface area contributed by atoms with Crippen LogP contribution in [0.5, 0.6) is 0 Å². The third-order valence-electron chi connectivity index (χ3n) is 5.42. The molecule has 2 aromatic rings. The first-order valence-corrected chi connectivity index (χ1v) is 10.5. The summed E-state index contributed by atoms with van der Waals surface area (Å²) >= 11 is 1.19. The second-order valence-corrected chi connectivity index (χ2v) is 8.69. The highest BCUT2D eigenvalue weighted by atomic mass is 32.1. The molecular formula is C21H19F3N2O3S. The minimum Gasteiger partial charge on any atom is -0.338 e. The summed E-state index contributed by atoms with van der Waals surface area (Å²) in [7, 11) is 0. The molecule has 2 heterocycles. The second kappa shape index (κ2) is 8.22. The van der Waals surface area contributed by atoms with Gasteiger partial charge >= 0.3 is 0 Å². The number of ketones is 1. The predicted octanol–water partition coefficient (Wildman–Crippen LogP) is 4.25. The number of Topliss-reactive ketones (excluding diaryl/α,β-unsaturated/α-hetero) is 1. The first-order chi connectivity index (χ1) is 14.3. The fourth-order valence-electron chi connectivity index (χ4n) is 3.57. The summed E-state index contributed by atoms with van der Waals surface area (Å²) in [6.07, 6.45) is 2.31. The lowest BCUT2D eigenvalue weighted by Crippen LogP contribution is -2.40. The van der Waals surface area contributed by atoms with E-state index in [1.165, 1.54) is 11.3 Å². The third-order valence-corrected chi connectivity index (χ3v) is 6.41. The number of piperidine rings is 1. The maximum Gasteiger partial charge on any atom is 0.263 e. The predicted molar refractivity (Wildman–Crippen MR) is 105 cm³/mol. The van der Waals surface area contributed by atoms with E-state index in [4.69, 9.17) is 0 Å². The van der Waals surface area contributed by atoms with Gasteiger partial charge in [-0.3, -0.25) is 14.4 Å². The van der Waals surface area contributed by atoms with Gasteiger partial charge in [-0.05, 0) is 37.8 Å². The molecule has 5 nitrogen and oxygen atoms in total. The summed E-state index contributed by atoms with van der Waals surface area (Å²) in [4.78, 5) is 39.1. The fourth-order valence-corrected chi connectivity index (χ4v) is 4.45. The van der Waals surface area contributed by atoms with Crippen LogP contribution in [0.15, 0.2) is 24.3 Å². The number of benzene rings is 1. The van der Waals surface area contributed by atoms with Gasteiger partial charge < -0.3 is 10.2 Å². The molecular weight excluding hydrogens is 417 g/mol. The summed E-state index contributed by atoms with van der Waals surface area (Å²) in [5.74, 6) is -5.03. The quantitative estimate of drug-likeness (QED) is 0.713. The molecule has 0 radical (unpaired) electrons. The number of hydrogen-bond donors (Lipinski definition) is 1. The Hall–Kier alpha value is -2.68. The molecule has 4 rings (SSSR count). The SMILES string of the molecule is O=C(Nc1ccc(C(=O)N2CCC(C(=O)c3c(F)cc(F)cc3F)CC2)s1)C1CC1. The van der Waals surface area contributed by atoms with Crippen molar-refractivity contribution in [1.29, 1.82) is 0 Å². The lowest BCUT2D eigenvalue weighted by Gasteiger charge is -2.31. The van der Waals surface area contributed by atoms with Crippen LogP contribution in [0, 0.1) is 29.3 Å². The molecule has 0 atom stereocenters. The Morgan fingerprint density at radius 1 is 0.933 bits per heavy atom. The van der Waals surface area contributed by atoms with Crippen molar-refractivity contribution in [1.82, 2.24) is 4.90 Å². The standard InChI is InChI=1S/C21H19F3N2O3S/c22-13-9-14(23)18(15(24)10-13)19(27)11-5-7-26(8-6-11)21(29)16-3-4-17(30-16)25-20(28)12-1-2-12/h3-4,9-12H,1-2,5-8H2,(H,25,28). The zero-order valence-electron chi connectivity index (χ0n) is 15.9. The van der Waals surface area contributed by atoms with Crippen molar-refractivity contribution in [2.45, 2.75) is 25.7 Å². The molecule has 9 heteroatoms. The van der Waals surface area contributed by atoms with E-state index in [1.54, 1.807) is 17.0 Å². The van der Waals surface area contributed by atoms with Crippen molar-refractivity contribution in [3.8, 4) is 0 Å². The molecule has 1 aromatic carbocycles. The van der Waals surface area contributed by atoms with Crippen molar-refractivity contribution in [3.63, 3.8) is 0 Å². The van der Waals surface area contributed by atoms with Gasteiger partial charge in [0.25, 0.3) is 5.91 Å². The number of thiophene rings is 1. The Labute approximate surface area is 174 Å². The van der Waals surface area contributed by atoms with E-state index in [0.717, 1.165) is 12.8 Å². The van der Waals surface area contributed by atoms with Gasteiger partial charge in [-0.1, -0.05) is 0 Å². The molecule has 1 saturated heterocycles. The molecule has 2 aliphatic rings. The second-order valence-electron chi connectivity index (χ2n) is 7.60. The van der Waals surface area contributed by atoms with Crippen LogP contribution in [0.2, 0.25) is 0 Å². The summed E-state index contributed by atoms with van der Waals surface area (Å²) in [5, 5.41) is 3.42. The molecule has 30 heavy (non-hydrogen) atoms. The van der Waals surface area contributed by atoms with E-state index in [1.807, 2.05) is 0 Å². The normalized spacial score (nSPS) is 17.1. The van der Waals surface area contributed by atoms with E-state index in [-0.39, 0.29) is 43.7 Å². The lowest BCUT2D eigenvalue weighted by molar-refractivity contribution is -0.117. The molecule has 1 N–H and O–H groups in total. The highest BCUT2D eigenvalue weighted by Gasteiger charge is 2.32. The van der Waals surface area contributed by atoms with Crippen LogP contribution in [0.1, 0.15) is 45.7 Å². The Bertz CT molecular complexity index is 988. The molecule has 0 unspecified atom stereocenters. The van der Waals surface area contributed by atoms with Gasteiger partial charge in [0.1, 0.15) is 17.5 Å². The van der Waals surface area contributed by atoms with E-state index >= 15 is 0 Å². The summed E-state index contributed by atoms with van der Waals surface area (Å²) < 4.78 is 40.9. The van der Waals surface area contributed by atoms with Gasteiger partial charge in [0.05, 0.1) is 15.4 Å². The molecule has 1 aromatic heterocycles. The first kappa shape index (κ1) is 20.6. The van der Waals surface area contributed by atoms with Crippen LogP contribution in [-0.2, 0) is 4.79 Å². The van der Waals surface area contributed by atoms with Crippen LogP contribution in [-0.4, -0.2) is 35.6 Å². The lowest BCUT2D eigenvalue weighted by atomic mass is 9.88. The van der Waals surface area contributed by atoms with Gasteiger partial charge in [-0.15, -0.1) is 11.3 Å². The number of carbonyl (C=O) groups excluding carboxylic acids is 3. The molecule has 1 aliphatic heterocycles. The first-order valence-electron chi connectivity index (χ1n) is 9.72. The number of amides is 2. The minimum atomic E-state index is -1.21. The van der Waals surface area contributed by atoms with Crippen LogP contribution >= 0.6 is 11.3 Å². The zero-order valence-corrected chi connectivity index (χ0v) is 16.7. The van der Waals surface area contributed by atoms with Crippen molar-refractivity contribution in [2.24, 2.45) is 11.8 Å². The highest BCUT2D eigenvalue weighted by Crippen LogP contribution is 2.32. The number of rotatable bonds is 5. The number of nitrogens with zero attached hydrogens (tertiary/aromatic N) is 1. The molecule has 1 aliphatic carbocycles. The molecule has 1 saturated carbocycles. The van der Waals surface area contributed by atoms with Gasteiger partial charge in [-0.2, -0.15) is 0 Å². The monoisotopic (exact) mass is 436 g/mol. The number of hydrogen-bond acceptors (Lipinski definition) is 4. The summed E-state index contributed by atoms with van der Waals surface area (Å²) in [6, 6.07) is 4.32. The van der Waals surface area contributed by atoms with Crippen molar-refractivity contribution in [2.75, 3.05) is 18.4 Å². The van der Waals surface area contributed by atoms with E-state index < -0.39 is 34.7 Å². The third kappa shape index (κ3) is 4.26. The summed E-state index contributed by atoms with van der Waals surface area (Å²) in [5.41, 5.74) is -0.726. The van der Waals surface area contributed by atoms with E-state index in [9.17, 15) is 27.6 Å². The number of halogens is 3. The van der Waals surface area contributed by atoms with Crippen molar-refractivity contribution < 1.29 is 27.6 Å². The molecule has 2 amide bonds. The van der Waals surface area contributed by atoms with Gasteiger partial charge in [-0.25, -0.2) is 13.2 Å². The molecule has 2 fully saturated rings. The number of likely N-dealkylation sites (tertiary alicyclic amines) is 1. The minimum absolute atomic E-state index is 0.0320. The zero-order chi connectivity index (χ0) is 21.4. The number of anilines is 1. The number of carbonyl (C=O) groups is 3. The van der Waals surface area contributed by atoms with Crippen LogP contribution in [0.3, 0.4) is 0 Å². The highest BCUT2D eigenvalue weighted by molar-refractivity contribution is 7.18. The van der Waals surface area contributed by atoms with Gasteiger partial charge in [0, 0.05) is 37.1 Å². The van der Waals surface area contributed by atoms with Gasteiger partial charge in [0.2, 0.25) is 5.91 Å². The Balaban J connectivity index is 1.36. The maximum atomic E-state index is 13.9. The Morgan fingerprint density at radius 2 is 1.57 bits per heavy atom. The topological polar surface area (TPSA) is 66.5 Å². The molecule has 0 spiro atoms. The Kier molecular flexibility index (Phi) is 5.64. The maximum absolute atomic E-state index is 13.9. The van der Waals surface area contributed by atoms with Crippen molar-refractivity contribution in [3.05, 3.63) is 52.2 Å². The van der Waals surface area contributed by atoms with Crippen LogP contribution in [0.4, 0.5) is 18.2 Å². The van der Waals surface area contributed by atoms with Crippen LogP contribution < -0.4 is 5.32 Å². The smallest absolute Gasteiger partial charge is 0.263 e. The number of nitrogens with one attached hydrogen (secondary N) is 1. The largest absolute Gasteiger partial charge is 0.338 e. The van der Waals surface area contributed by atoms with Gasteiger partial charge in [0.15, 0.2) is 5.78 Å².